The standard InChI is InChI=1S/C25H23ClFN5O5S2/c26-16-1-3-20(28-24(33)38)15(11-16)12-18-14-31(25(34)37-18)17-2-4-21(19(27)13-17)29-7-9-30(10-8-29)22-5-6-23(39-22)32(35)36/h1-6,11,13,18H,7-10,12,14H2,(H2,28,33,38)/t18-/m1/s1. The predicted molar refractivity (Wildman–Crippen MR) is 153 cm³/mol. The van der Waals surface area contributed by atoms with E-state index in [-0.39, 0.29) is 11.5 Å². The van der Waals surface area contributed by atoms with Crippen LogP contribution < -0.4 is 20.0 Å². The lowest BCUT2D eigenvalue weighted by Gasteiger charge is -2.36. The van der Waals surface area contributed by atoms with Crippen LogP contribution in [0.25, 0.3) is 0 Å². The van der Waals surface area contributed by atoms with Gasteiger partial charge >= 0.3 is 11.1 Å². The fourth-order valence-corrected chi connectivity index (χ4v) is 5.91. The van der Waals surface area contributed by atoms with Crippen LogP contribution in [0.1, 0.15) is 5.56 Å². The molecule has 1 N–H and O–H groups in total. The Bertz CT molecular complexity index is 1430. The monoisotopic (exact) mass is 591 g/mol. The number of thiophene rings is 1. The number of thiol groups is 1. The predicted octanol–water partition coefficient (Wildman–Crippen LogP) is 5.81. The van der Waals surface area contributed by atoms with E-state index in [1.807, 2.05) is 9.80 Å². The van der Waals surface area contributed by atoms with E-state index in [2.05, 4.69) is 17.9 Å². The van der Waals surface area contributed by atoms with E-state index in [0.29, 0.717) is 60.2 Å². The zero-order chi connectivity index (χ0) is 27.7. The summed E-state index contributed by atoms with van der Waals surface area (Å²) in [5, 5.41) is 14.4. The number of nitrogens with zero attached hydrogens (tertiary/aromatic N) is 4. The van der Waals surface area contributed by atoms with E-state index < -0.39 is 28.2 Å². The Morgan fingerprint density at radius 1 is 1.15 bits per heavy atom. The van der Waals surface area contributed by atoms with Gasteiger partial charge in [0.05, 0.1) is 27.8 Å². The smallest absolute Gasteiger partial charge is 0.414 e. The van der Waals surface area contributed by atoms with Crippen molar-refractivity contribution in [3.8, 4) is 0 Å². The van der Waals surface area contributed by atoms with Gasteiger partial charge < -0.3 is 19.9 Å². The third-order valence-electron chi connectivity index (χ3n) is 6.56. The summed E-state index contributed by atoms with van der Waals surface area (Å²) in [6.45, 7) is 2.47. The van der Waals surface area contributed by atoms with Crippen LogP contribution in [0.15, 0.2) is 48.5 Å². The zero-order valence-electron chi connectivity index (χ0n) is 20.4. The van der Waals surface area contributed by atoms with Crippen LogP contribution >= 0.6 is 35.6 Å². The molecule has 2 aliphatic rings. The van der Waals surface area contributed by atoms with Crippen LogP contribution in [0.2, 0.25) is 5.02 Å². The molecule has 204 valence electrons. The van der Waals surface area contributed by atoms with Gasteiger partial charge in [0, 0.05) is 49.4 Å². The van der Waals surface area contributed by atoms with Crippen molar-refractivity contribution < 1.29 is 23.6 Å². The van der Waals surface area contributed by atoms with Crippen LogP contribution in [0.4, 0.5) is 41.0 Å². The summed E-state index contributed by atoms with van der Waals surface area (Å²) >= 11 is 11.0. The van der Waals surface area contributed by atoms with Gasteiger partial charge in [-0.15, -0.1) is 0 Å². The van der Waals surface area contributed by atoms with Gasteiger partial charge in [-0.2, -0.15) is 0 Å². The Kier molecular flexibility index (Phi) is 7.82. The Balaban J connectivity index is 1.23. The molecule has 0 unspecified atom stereocenters. The molecule has 3 heterocycles. The summed E-state index contributed by atoms with van der Waals surface area (Å²) in [5.41, 5.74) is 2.00. The number of carbonyl (C=O) groups is 2. The fraction of sp³-hybridized carbons (Fsp3) is 0.280. The van der Waals surface area contributed by atoms with Crippen molar-refractivity contribution in [1.82, 2.24) is 0 Å². The number of piperazine rings is 1. The lowest BCUT2D eigenvalue weighted by Crippen LogP contribution is -2.46. The minimum absolute atomic E-state index is 0.0918. The molecule has 1 atom stereocenters. The van der Waals surface area contributed by atoms with Crippen LogP contribution in [0, 0.1) is 15.9 Å². The highest BCUT2D eigenvalue weighted by Gasteiger charge is 2.34. The van der Waals surface area contributed by atoms with E-state index in [1.54, 1.807) is 36.4 Å². The van der Waals surface area contributed by atoms with Crippen molar-refractivity contribution in [2.45, 2.75) is 12.5 Å². The topological polar surface area (TPSA) is 108 Å². The number of rotatable bonds is 7. The number of carbonyl (C=O) groups excluding carboxylic acids is 2. The van der Waals surface area contributed by atoms with E-state index in [0.717, 1.165) is 16.3 Å². The highest BCUT2D eigenvalue weighted by atomic mass is 35.5. The first-order valence-corrected chi connectivity index (χ1v) is 13.6. The Morgan fingerprint density at radius 2 is 1.90 bits per heavy atom. The van der Waals surface area contributed by atoms with Crippen molar-refractivity contribution in [3.05, 3.63) is 75.0 Å². The van der Waals surface area contributed by atoms with Crippen molar-refractivity contribution in [3.63, 3.8) is 0 Å². The molecule has 2 aromatic carbocycles. The second-order valence-corrected chi connectivity index (χ2v) is 10.9. The Hall–Kier alpha value is -3.55. The first kappa shape index (κ1) is 27.0. The normalized spacial score (nSPS) is 17.4. The SMILES string of the molecule is O=C(S)Nc1ccc(Cl)cc1C[C@@H]1CN(c2ccc(N3CCN(c4ccc([N+](=O)[O-])s4)CC3)c(F)c2)C(=O)O1. The van der Waals surface area contributed by atoms with Gasteiger partial charge in [0.1, 0.15) is 11.9 Å². The van der Waals surface area contributed by atoms with Gasteiger partial charge in [-0.3, -0.25) is 19.8 Å². The fourth-order valence-electron chi connectivity index (χ4n) is 4.73. The number of ether oxygens (including phenoxy) is 1. The Labute approximate surface area is 237 Å². The maximum absolute atomic E-state index is 15.2. The van der Waals surface area contributed by atoms with Gasteiger partial charge in [0.25, 0.3) is 5.24 Å². The van der Waals surface area contributed by atoms with Gasteiger partial charge in [-0.1, -0.05) is 24.2 Å². The molecule has 0 aliphatic carbocycles. The molecule has 2 aliphatic heterocycles. The molecule has 2 amide bonds. The molecular formula is C25H23ClFN5O5S2. The summed E-state index contributed by atoms with van der Waals surface area (Å²) < 4.78 is 20.7. The number of nitrogens with one attached hydrogen (secondary N) is 1. The molecule has 1 aromatic heterocycles. The molecule has 2 fully saturated rings. The lowest BCUT2D eigenvalue weighted by atomic mass is 10.1. The quantitative estimate of drug-likeness (QED) is 0.203. The number of cyclic esters (lactones) is 1. The summed E-state index contributed by atoms with van der Waals surface area (Å²) in [7, 11) is 0. The molecule has 0 spiro atoms. The largest absolute Gasteiger partial charge is 0.444 e. The number of hydrogen-bond acceptors (Lipinski definition) is 8. The van der Waals surface area contributed by atoms with Crippen LogP contribution in [0.5, 0.6) is 0 Å². The second-order valence-electron chi connectivity index (χ2n) is 9.03. The number of hydrogen-bond donors (Lipinski definition) is 2. The minimum atomic E-state index is -0.590. The maximum Gasteiger partial charge on any atom is 0.414 e. The average Bonchev–Trinajstić information content (AvgIpc) is 3.53. The number of amides is 2. The van der Waals surface area contributed by atoms with Crippen molar-refractivity contribution >= 4 is 74.0 Å². The number of halogens is 2. The van der Waals surface area contributed by atoms with Gasteiger partial charge in [0.2, 0.25) is 0 Å². The molecule has 14 heteroatoms. The van der Waals surface area contributed by atoms with Gasteiger partial charge in [0.15, 0.2) is 0 Å². The third-order valence-corrected chi connectivity index (χ3v) is 8.01. The Morgan fingerprint density at radius 3 is 2.56 bits per heavy atom. The van der Waals surface area contributed by atoms with Crippen LogP contribution in [0.3, 0.4) is 0 Å². The first-order chi connectivity index (χ1) is 18.7. The number of benzene rings is 2. The molecule has 39 heavy (non-hydrogen) atoms. The van der Waals surface area contributed by atoms with E-state index in [4.69, 9.17) is 16.3 Å². The van der Waals surface area contributed by atoms with Crippen molar-refractivity contribution in [2.75, 3.05) is 52.7 Å². The minimum Gasteiger partial charge on any atom is -0.444 e. The van der Waals surface area contributed by atoms with Crippen molar-refractivity contribution in [1.29, 1.82) is 0 Å². The molecule has 0 radical (unpaired) electrons. The zero-order valence-corrected chi connectivity index (χ0v) is 22.8. The number of nitro groups is 1. The van der Waals surface area contributed by atoms with Gasteiger partial charge in [-0.05, 0) is 59.4 Å². The summed E-state index contributed by atoms with van der Waals surface area (Å²) in [6, 6.07) is 12.8. The molecule has 10 nitrogen and oxygen atoms in total. The molecule has 5 rings (SSSR count). The first-order valence-electron chi connectivity index (χ1n) is 12.0. The molecule has 2 saturated heterocycles. The summed E-state index contributed by atoms with van der Waals surface area (Å²) in [6.07, 6.45) is -0.826. The summed E-state index contributed by atoms with van der Waals surface area (Å²) in [5.74, 6) is -0.461. The number of anilines is 4. The average molecular weight is 592 g/mol. The third kappa shape index (κ3) is 6.05. The van der Waals surface area contributed by atoms with E-state index in [1.165, 1.54) is 17.0 Å². The maximum atomic E-state index is 15.2. The second kappa shape index (κ2) is 11.3. The van der Waals surface area contributed by atoms with E-state index >= 15 is 4.39 Å². The van der Waals surface area contributed by atoms with Crippen LogP contribution in [-0.4, -0.2) is 55.1 Å². The highest BCUT2D eigenvalue weighted by molar-refractivity contribution is 7.96. The summed E-state index contributed by atoms with van der Waals surface area (Å²) in [4.78, 5) is 40.0. The molecular weight excluding hydrogens is 569 g/mol. The van der Waals surface area contributed by atoms with Crippen LogP contribution in [-0.2, 0) is 11.2 Å². The lowest BCUT2D eigenvalue weighted by molar-refractivity contribution is -0.380. The molecule has 3 aromatic rings. The van der Waals surface area contributed by atoms with Crippen molar-refractivity contribution in [2.24, 2.45) is 0 Å². The highest BCUT2D eigenvalue weighted by Crippen LogP contribution is 2.34. The van der Waals surface area contributed by atoms with Gasteiger partial charge in [-0.25, -0.2) is 9.18 Å². The molecule has 0 bridgehead atoms. The molecule has 0 saturated carbocycles. The van der Waals surface area contributed by atoms with E-state index in [9.17, 15) is 19.7 Å².